The van der Waals surface area contributed by atoms with Gasteiger partial charge in [-0.2, -0.15) is 0 Å². The Morgan fingerprint density at radius 3 is 2.67 bits per heavy atom. The van der Waals surface area contributed by atoms with Crippen LogP contribution in [0, 0.1) is 13.8 Å². The first-order chi connectivity index (χ1) is 10.1. The predicted molar refractivity (Wildman–Crippen MR) is 91.6 cm³/mol. The van der Waals surface area contributed by atoms with E-state index < -0.39 is 0 Å². The highest BCUT2D eigenvalue weighted by molar-refractivity contribution is 7.98. The predicted octanol–water partition coefficient (Wildman–Crippen LogP) is 4.73. The number of rotatable bonds is 3. The average molecular weight is 294 g/mol. The van der Waals surface area contributed by atoms with Crippen LogP contribution in [-0.4, -0.2) is 4.98 Å². The Hall–Kier alpha value is -2.00. The monoisotopic (exact) mass is 294 g/mol. The van der Waals surface area contributed by atoms with Gasteiger partial charge in [-0.25, -0.2) is 0 Å². The number of hydrogen-bond donors (Lipinski definition) is 1. The minimum atomic E-state index is 0.790. The Balaban J connectivity index is 1.96. The topological polar surface area (TPSA) is 38.9 Å². The maximum absolute atomic E-state index is 6.06. The van der Waals surface area contributed by atoms with Crippen molar-refractivity contribution >= 4 is 28.2 Å². The summed E-state index contributed by atoms with van der Waals surface area (Å²) in [5.74, 6) is 0.965. The molecule has 0 saturated carbocycles. The van der Waals surface area contributed by atoms with Crippen LogP contribution in [-0.2, 0) is 5.75 Å². The Morgan fingerprint density at radius 1 is 1.05 bits per heavy atom. The van der Waals surface area contributed by atoms with E-state index in [9.17, 15) is 0 Å². The molecule has 0 saturated heterocycles. The van der Waals surface area contributed by atoms with Gasteiger partial charge in [0.1, 0.15) is 0 Å². The summed E-state index contributed by atoms with van der Waals surface area (Å²) in [5.41, 5.74) is 10.6. The molecule has 0 aliphatic heterocycles. The Labute approximate surface area is 129 Å². The van der Waals surface area contributed by atoms with Crippen LogP contribution in [0.5, 0.6) is 0 Å². The van der Waals surface area contributed by atoms with E-state index >= 15 is 0 Å². The molecule has 1 heterocycles. The number of nitrogen functional groups attached to an aromatic ring is 1. The Morgan fingerprint density at radius 2 is 1.86 bits per heavy atom. The second kappa shape index (κ2) is 5.78. The Bertz CT molecular complexity index is 796. The highest BCUT2D eigenvalue weighted by Gasteiger charge is 2.07. The summed E-state index contributed by atoms with van der Waals surface area (Å²) in [6.07, 6.45) is 1.87. The van der Waals surface area contributed by atoms with Gasteiger partial charge in [-0.1, -0.05) is 24.3 Å². The molecule has 2 N–H and O–H groups in total. The second-order valence-electron chi connectivity index (χ2n) is 5.24. The van der Waals surface area contributed by atoms with Gasteiger partial charge in [-0.05, 0) is 43.2 Å². The van der Waals surface area contributed by atoms with E-state index in [1.807, 2.05) is 30.9 Å². The Kier molecular flexibility index (Phi) is 3.84. The van der Waals surface area contributed by atoms with Crippen molar-refractivity contribution in [3.8, 4) is 0 Å². The number of pyridine rings is 1. The van der Waals surface area contributed by atoms with Crippen LogP contribution < -0.4 is 5.73 Å². The van der Waals surface area contributed by atoms with Crippen LogP contribution in [0.1, 0.15) is 16.8 Å². The summed E-state index contributed by atoms with van der Waals surface area (Å²) in [6.45, 7) is 4.17. The molecule has 2 aromatic carbocycles. The molecular formula is C18H18N2S. The van der Waals surface area contributed by atoms with Crippen LogP contribution >= 0.6 is 11.8 Å². The minimum Gasteiger partial charge on any atom is -0.398 e. The number of aromatic nitrogens is 1. The normalized spacial score (nSPS) is 11.0. The van der Waals surface area contributed by atoms with Crippen molar-refractivity contribution in [3.63, 3.8) is 0 Å². The standard InChI is InChI=1S/C18H18N2S/c1-12-5-3-4-6-14(12)11-21-18-8-7-17(19)16-10-20-13(2)9-15(16)18/h3-10H,11,19H2,1-2H3. The summed E-state index contributed by atoms with van der Waals surface area (Å²) in [7, 11) is 0. The fourth-order valence-corrected chi connectivity index (χ4v) is 3.52. The van der Waals surface area contributed by atoms with E-state index in [1.54, 1.807) is 0 Å². The molecule has 106 valence electrons. The van der Waals surface area contributed by atoms with E-state index in [0.29, 0.717) is 0 Å². The first kappa shape index (κ1) is 14.0. The number of thioether (sulfide) groups is 1. The molecule has 0 atom stereocenters. The molecule has 3 rings (SSSR count). The van der Waals surface area contributed by atoms with Crippen LogP contribution in [0.4, 0.5) is 5.69 Å². The summed E-state index contributed by atoms with van der Waals surface area (Å²) in [6, 6.07) is 14.7. The van der Waals surface area contributed by atoms with E-state index in [2.05, 4.69) is 48.3 Å². The molecule has 0 spiro atoms. The number of aryl methyl sites for hydroxylation is 2. The maximum atomic E-state index is 6.06. The summed E-state index contributed by atoms with van der Waals surface area (Å²) < 4.78 is 0. The second-order valence-corrected chi connectivity index (χ2v) is 6.26. The molecule has 2 nitrogen and oxygen atoms in total. The number of nitrogens with two attached hydrogens (primary N) is 1. The zero-order valence-corrected chi connectivity index (χ0v) is 13.1. The fourth-order valence-electron chi connectivity index (χ4n) is 2.39. The van der Waals surface area contributed by atoms with Gasteiger partial charge in [0.15, 0.2) is 0 Å². The molecule has 0 fully saturated rings. The largest absolute Gasteiger partial charge is 0.398 e. The molecule has 3 aromatic rings. The van der Waals surface area contributed by atoms with Gasteiger partial charge in [0.25, 0.3) is 0 Å². The first-order valence-corrected chi connectivity index (χ1v) is 7.96. The molecular weight excluding hydrogens is 276 g/mol. The van der Waals surface area contributed by atoms with E-state index in [-0.39, 0.29) is 0 Å². The molecule has 0 radical (unpaired) electrons. The van der Waals surface area contributed by atoms with Crippen molar-refractivity contribution in [2.45, 2.75) is 24.5 Å². The van der Waals surface area contributed by atoms with Gasteiger partial charge >= 0.3 is 0 Å². The molecule has 0 aliphatic rings. The van der Waals surface area contributed by atoms with Gasteiger partial charge in [-0.3, -0.25) is 4.98 Å². The lowest BCUT2D eigenvalue weighted by molar-refractivity contribution is 1.22. The van der Waals surface area contributed by atoms with Crippen molar-refractivity contribution in [1.82, 2.24) is 4.98 Å². The molecule has 21 heavy (non-hydrogen) atoms. The van der Waals surface area contributed by atoms with Crippen molar-refractivity contribution in [3.05, 3.63) is 65.5 Å². The smallest absolute Gasteiger partial charge is 0.0410 e. The highest BCUT2D eigenvalue weighted by Crippen LogP contribution is 2.33. The highest BCUT2D eigenvalue weighted by atomic mass is 32.2. The molecule has 0 unspecified atom stereocenters. The zero-order chi connectivity index (χ0) is 14.8. The van der Waals surface area contributed by atoms with E-state index in [0.717, 1.165) is 22.5 Å². The summed E-state index contributed by atoms with van der Waals surface area (Å²) in [5, 5.41) is 2.23. The third kappa shape index (κ3) is 2.88. The maximum Gasteiger partial charge on any atom is 0.0410 e. The van der Waals surface area contributed by atoms with Gasteiger partial charge in [-0.15, -0.1) is 11.8 Å². The summed E-state index contributed by atoms with van der Waals surface area (Å²) in [4.78, 5) is 5.61. The molecule has 0 aliphatic carbocycles. The third-order valence-corrected chi connectivity index (χ3v) is 4.80. The molecule has 3 heteroatoms. The lowest BCUT2D eigenvalue weighted by Crippen LogP contribution is -1.92. The van der Waals surface area contributed by atoms with E-state index in [1.165, 1.54) is 21.4 Å². The zero-order valence-electron chi connectivity index (χ0n) is 12.3. The SMILES string of the molecule is Cc1cc2c(SCc3ccccc3C)ccc(N)c2cn1. The van der Waals surface area contributed by atoms with Crippen molar-refractivity contribution < 1.29 is 0 Å². The van der Waals surface area contributed by atoms with Crippen LogP contribution in [0.2, 0.25) is 0 Å². The lowest BCUT2D eigenvalue weighted by atomic mass is 10.1. The minimum absolute atomic E-state index is 0.790. The fraction of sp³-hybridized carbons (Fsp3) is 0.167. The number of benzene rings is 2. The summed E-state index contributed by atoms with van der Waals surface area (Å²) >= 11 is 1.85. The molecule has 0 amide bonds. The number of hydrogen-bond acceptors (Lipinski definition) is 3. The van der Waals surface area contributed by atoms with Crippen molar-refractivity contribution in [1.29, 1.82) is 0 Å². The van der Waals surface area contributed by atoms with Crippen molar-refractivity contribution in [2.75, 3.05) is 5.73 Å². The van der Waals surface area contributed by atoms with Gasteiger partial charge in [0, 0.05) is 39.0 Å². The molecule has 1 aromatic heterocycles. The number of fused-ring (bicyclic) bond motifs is 1. The van der Waals surface area contributed by atoms with Gasteiger partial charge in [0.2, 0.25) is 0 Å². The third-order valence-electron chi connectivity index (χ3n) is 3.68. The quantitative estimate of drug-likeness (QED) is 0.561. The van der Waals surface area contributed by atoms with Gasteiger partial charge in [0.05, 0.1) is 0 Å². The van der Waals surface area contributed by atoms with Gasteiger partial charge < -0.3 is 5.73 Å². The lowest BCUT2D eigenvalue weighted by Gasteiger charge is -2.10. The van der Waals surface area contributed by atoms with Crippen LogP contribution in [0.15, 0.2) is 53.6 Å². The van der Waals surface area contributed by atoms with Crippen LogP contribution in [0.3, 0.4) is 0 Å². The first-order valence-electron chi connectivity index (χ1n) is 6.97. The number of nitrogens with zero attached hydrogens (tertiary/aromatic N) is 1. The van der Waals surface area contributed by atoms with Crippen LogP contribution in [0.25, 0.3) is 10.8 Å². The van der Waals surface area contributed by atoms with Crippen molar-refractivity contribution in [2.24, 2.45) is 0 Å². The average Bonchev–Trinajstić information content (AvgIpc) is 2.48. The molecule has 0 bridgehead atoms. The van der Waals surface area contributed by atoms with E-state index in [4.69, 9.17) is 5.73 Å². The number of anilines is 1.